The number of benzene rings is 2. The average molecular weight is 443 g/mol. The van der Waals surface area contributed by atoms with Crippen molar-refractivity contribution >= 4 is 52.1 Å². The number of pyridine rings is 1. The maximum absolute atomic E-state index is 12.8. The van der Waals surface area contributed by atoms with Crippen molar-refractivity contribution in [3.63, 3.8) is 0 Å². The number of ether oxygens (including phenoxy) is 1. The van der Waals surface area contributed by atoms with Gasteiger partial charge in [0.25, 0.3) is 0 Å². The molecule has 0 atom stereocenters. The Morgan fingerprint density at radius 2 is 1.93 bits per heavy atom. The van der Waals surface area contributed by atoms with Crippen LogP contribution in [-0.2, 0) is 6.42 Å². The lowest BCUT2D eigenvalue weighted by Gasteiger charge is -2.23. The van der Waals surface area contributed by atoms with Crippen LogP contribution in [0.25, 0.3) is 0 Å². The molecule has 0 spiro atoms. The normalized spacial score (nSPS) is 12.5. The zero-order valence-corrected chi connectivity index (χ0v) is 18.0. The van der Waals surface area contributed by atoms with E-state index in [0.29, 0.717) is 21.4 Å². The lowest BCUT2D eigenvalue weighted by molar-refractivity contribution is 0.258. The molecule has 30 heavy (non-hydrogen) atoms. The fourth-order valence-corrected chi connectivity index (χ4v) is 3.91. The van der Waals surface area contributed by atoms with Crippen molar-refractivity contribution in [1.82, 2.24) is 4.98 Å². The Morgan fingerprint density at radius 3 is 2.67 bits per heavy atom. The lowest BCUT2D eigenvalue weighted by atomic mass is 10.1. The van der Waals surface area contributed by atoms with E-state index < -0.39 is 0 Å². The molecule has 6 nitrogen and oxygen atoms in total. The van der Waals surface area contributed by atoms with Gasteiger partial charge in [0.05, 0.1) is 28.5 Å². The number of nitrogens with one attached hydrogen (secondary N) is 1. The molecule has 0 aliphatic carbocycles. The zero-order valence-electron chi connectivity index (χ0n) is 16.5. The van der Waals surface area contributed by atoms with Crippen molar-refractivity contribution in [2.45, 2.75) is 6.42 Å². The summed E-state index contributed by atoms with van der Waals surface area (Å²) in [7, 11) is 3.33. The molecule has 1 aliphatic heterocycles. The van der Waals surface area contributed by atoms with Gasteiger partial charge < -0.3 is 15.0 Å². The van der Waals surface area contributed by atoms with E-state index in [0.717, 1.165) is 30.2 Å². The number of amides is 2. The zero-order chi connectivity index (χ0) is 21.3. The van der Waals surface area contributed by atoms with Gasteiger partial charge in [-0.15, -0.1) is 0 Å². The van der Waals surface area contributed by atoms with Crippen LogP contribution in [0.1, 0.15) is 5.56 Å². The van der Waals surface area contributed by atoms with E-state index in [4.69, 9.17) is 27.9 Å². The number of aromatic nitrogens is 1. The first-order valence-electron chi connectivity index (χ1n) is 9.37. The fourth-order valence-electron chi connectivity index (χ4n) is 3.41. The van der Waals surface area contributed by atoms with E-state index in [9.17, 15) is 4.79 Å². The van der Waals surface area contributed by atoms with Gasteiger partial charge in [0.1, 0.15) is 11.6 Å². The van der Waals surface area contributed by atoms with Crippen molar-refractivity contribution in [2.75, 3.05) is 35.8 Å². The molecule has 0 fully saturated rings. The van der Waals surface area contributed by atoms with Gasteiger partial charge in [-0.25, -0.2) is 9.78 Å². The topological polar surface area (TPSA) is 57.7 Å². The molecule has 2 amide bonds. The number of carbonyl (C=O) groups is 1. The number of rotatable bonds is 4. The van der Waals surface area contributed by atoms with Crippen molar-refractivity contribution < 1.29 is 9.53 Å². The van der Waals surface area contributed by atoms with Crippen LogP contribution in [0.3, 0.4) is 0 Å². The van der Waals surface area contributed by atoms with E-state index in [2.05, 4.69) is 21.3 Å². The first-order chi connectivity index (χ1) is 14.5. The summed E-state index contributed by atoms with van der Waals surface area (Å²) in [4.78, 5) is 20.9. The molecule has 154 valence electrons. The quantitative estimate of drug-likeness (QED) is 0.557. The number of urea groups is 1. The fraction of sp³-hybridized carbons (Fsp3) is 0.182. The molecule has 0 unspecified atom stereocenters. The number of hydrogen-bond donors (Lipinski definition) is 1. The predicted molar refractivity (Wildman–Crippen MR) is 122 cm³/mol. The number of nitrogens with zero attached hydrogens (tertiary/aromatic N) is 3. The standard InChI is InChI=1S/C22H20Cl2N4O2/c1-27(22(29)26-21-17(23)4-3-5-18(21)24)15-8-10-25-20(12-15)28-11-9-14-6-7-16(30-2)13-19(14)28/h3-8,10,12-13H,9,11H2,1-2H3,(H,26,29). The van der Waals surface area contributed by atoms with Gasteiger partial charge in [0.2, 0.25) is 0 Å². The molecule has 8 heteroatoms. The molecule has 3 aromatic rings. The Balaban J connectivity index is 1.58. The van der Waals surface area contributed by atoms with Gasteiger partial charge in [-0.3, -0.25) is 4.90 Å². The lowest BCUT2D eigenvalue weighted by Crippen LogP contribution is -2.31. The second-order valence-corrected chi connectivity index (χ2v) is 7.67. The summed E-state index contributed by atoms with van der Waals surface area (Å²) in [6.07, 6.45) is 2.61. The molecule has 0 saturated heterocycles. The summed E-state index contributed by atoms with van der Waals surface area (Å²) in [5.74, 6) is 1.56. The molecular formula is C22H20Cl2N4O2. The molecule has 2 aromatic carbocycles. The third kappa shape index (κ3) is 3.88. The highest BCUT2D eigenvalue weighted by Crippen LogP contribution is 2.37. The molecule has 0 bridgehead atoms. The second kappa shape index (κ2) is 8.42. The number of para-hydroxylation sites is 1. The number of anilines is 4. The number of hydrogen-bond acceptors (Lipinski definition) is 4. The summed E-state index contributed by atoms with van der Waals surface area (Å²) < 4.78 is 5.36. The Kier molecular flexibility index (Phi) is 5.70. The highest BCUT2D eigenvalue weighted by molar-refractivity contribution is 6.39. The highest BCUT2D eigenvalue weighted by atomic mass is 35.5. The van der Waals surface area contributed by atoms with Crippen molar-refractivity contribution in [3.05, 3.63) is 70.3 Å². The molecule has 1 aliphatic rings. The van der Waals surface area contributed by atoms with Crippen LogP contribution < -0.4 is 19.9 Å². The van der Waals surface area contributed by atoms with Crippen LogP contribution in [0.15, 0.2) is 54.7 Å². The van der Waals surface area contributed by atoms with Crippen molar-refractivity contribution in [1.29, 1.82) is 0 Å². The summed E-state index contributed by atoms with van der Waals surface area (Å²) in [6.45, 7) is 0.810. The van der Waals surface area contributed by atoms with Gasteiger partial charge in [0.15, 0.2) is 0 Å². The third-order valence-electron chi connectivity index (χ3n) is 5.08. The minimum atomic E-state index is -0.356. The van der Waals surface area contributed by atoms with Gasteiger partial charge in [-0.1, -0.05) is 35.3 Å². The predicted octanol–water partition coefficient (Wildman–Crippen LogP) is 5.76. The van der Waals surface area contributed by atoms with Gasteiger partial charge in [0, 0.05) is 37.6 Å². The van der Waals surface area contributed by atoms with E-state index in [-0.39, 0.29) is 6.03 Å². The van der Waals surface area contributed by atoms with Crippen LogP contribution in [0.2, 0.25) is 10.0 Å². The largest absolute Gasteiger partial charge is 0.497 e. The van der Waals surface area contributed by atoms with Crippen LogP contribution in [0.5, 0.6) is 5.75 Å². The summed E-state index contributed by atoms with van der Waals surface area (Å²) in [6, 6.07) is 14.4. The van der Waals surface area contributed by atoms with Crippen molar-refractivity contribution in [2.24, 2.45) is 0 Å². The SMILES string of the molecule is COc1ccc2c(c1)N(c1cc(N(C)C(=O)Nc3c(Cl)cccc3Cl)ccn1)CC2. The maximum atomic E-state index is 12.8. The Hall–Kier alpha value is -2.96. The molecule has 0 radical (unpaired) electrons. The number of carbonyl (C=O) groups excluding carboxylic acids is 1. The van der Waals surface area contributed by atoms with E-state index in [1.54, 1.807) is 44.6 Å². The molecule has 1 N–H and O–H groups in total. The molecule has 0 saturated carbocycles. The van der Waals surface area contributed by atoms with Crippen LogP contribution >= 0.6 is 23.2 Å². The van der Waals surface area contributed by atoms with Crippen molar-refractivity contribution in [3.8, 4) is 5.75 Å². The number of fused-ring (bicyclic) bond motifs is 1. The van der Waals surface area contributed by atoms with Gasteiger partial charge >= 0.3 is 6.03 Å². The third-order valence-corrected chi connectivity index (χ3v) is 5.71. The van der Waals surface area contributed by atoms with Crippen LogP contribution in [-0.4, -0.2) is 31.7 Å². The second-order valence-electron chi connectivity index (χ2n) is 6.85. The molecule has 1 aromatic heterocycles. The first-order valence-corrected chi connectivity index (χ1v) is 10.1. The molecular weight excluding hydrogens is 423 g/mol. The Labute approximate surface area is 185 Å². The maximum Gasteiger partial charge on any atom is 0.326 e. The van der Waals surface area contributed by atoms with Gasteiger partial charge in [-0.05, 0) is 36.2 Å². The monoisotopic (exact) mass is 442 g/mol. The minimum Gasteiger partial charge on any atom is -0.497 e. The van der Waals surface area contributed by atoms with Crippen LogP contribution in [0, 0.1) is 0 Å². The van der Waals surface area contributed by atoms with E-state index in [1.165, 1.54) is 10.5 Å². The molecule has 2 heterocycles. The Morgan fingerprint density at radius 1 is 1.17 bits per heavy atom. The van der Waals surface area contributed by atoms with E-state index >= 15 is 0 Å². The summed E-state index contributed by atoms with van der Waals surface area (Å²) >= 11 is 12.3. The molecule has 4 rings (SSSR count). The van der Waals surface area contributed by atoms with Gasteiger partial charge in [-0.2, -0.15) is 0 Å². The summed E-state index contributed by atoms with van der Waals surface area (Å²) in [5, 5.41) is 3.52. The number of methoxy groups -OCH3 is 1. The van der Waals surface area contributed by atoms with Crippen LogP contribution in [0.4, 0.5) is 27.7 Å². The summed E-state index contributed by atoms with van der Waals surface area (Å²) in [5.41, 5.74) is 3.38. The number of halogens is 2. The van der Waals surface area contributed by atoms with E-state index in [1.807, 2.05) is 18.2 Å². The first kappa shape index (κ1) is 20.3. The highest BCUT2D eigenvalue weighted by Gasteiger charge is 2.23. The minimum absolute atomic E-state index is 0.356. The smallest absolute Gasteiger partial charge is 0.326 e. The average Bonchev–Trinajstić information content (AvgIpc) is 3.19. The Bertz CT molecular complexity index is 1090.